The van der Waals surface area contributed by atoms with E-state index in [9.17, 15) is 14.0 Å². The maximum Gasteiger partial charge on any atom is 0.251 e. The highest BCUT2D eigenvalue weighted by atomic mass is 19.1. The zero-order valence-electron chi connectivity index (χ0n) is 12.4. The molecule has 1 aliphatic rings. The first-order valence-electron chi connectivity index (χ1n) is 7.32. The molecular formula is C16H21FN2O2. The van der Waals surface area contributed by atoms with Crippen molar-refractivity contribution in [1.29, 1.82) is 0 Å². The van der Waals surface area contributed by atoms with E-state index in [-0.39, 0.29) is 29.6 Å². The van der Waals surface area contributed by atoms with Crippen molar-refractivity contribution >= 4 is 11.8 Å². The molecule has 1 fully saturated rings. The van der Waals surface area contributed by atoms with Gasteiger partial charge in [-0.15, -0.1) is 0 Å². The Morgan fingerprint density at radius 1 is 1.19 bits per heavy atom. The second-order valence-corrected chi connectivity index (χ2v) is 5.73. The molecule has 1 aromatic carbocycles. The standard InChI is InChI=1S/C16H21FN2O2/c1-11(2)16(21)19-9-7-14(8-10-19)18-15(20)12-3-5-13(17)6-4-12/h3-6,11,14H,7-10H2,1-2H3,(H,18,20). The van der Waals surface area contributed by atoms with Gasteiger partial charge >= 0.3 is 0 Å². The maximum atomic E-state index is 12.8. The molecule has 1 saturated heterocycles. The number of rotatable bonds is 3. The van der Waals surface area contributed by atoms with Gasteiger partial charge in [0.1, 0.15) is 5.82 Å². The number of carbonyl (C=O) groups is 2. The lowest BCUT2D eigenvalue weighted by Crippen LogP contribution is -2.47. The summed E-state index contributed by atoms with van der Waals surface area (Å²) in [6.07, 6.45) is 1.51. The van der Waals surface area contributed by atoms with Crippen molar-refractivity contribution in [1.82, 2.24) is 10.2 Å². The van der Waals surface area contributed by atoms with Crippen LogP contribution in [-0.2, 0) is 4.79 Å². The molecule has 21 heavy (non-hydrogen) atoms. The molecule has 1 aliphatic heterocycles. The van der Waals surface area contributed by atoms with Crippen molar-refractivity contribution in [3.05, 3.63) is 35.6 Å². The number of piperidine rings is 1. The zero-order valence-corrected chi connectivity index (χ0v) is 12.4. The second kappa shape index (κ2) is 6.70. The minimum absolute atomic E-state index is 0.00959. The van der Waals surface area contributed by atoms with Gasteiger partial charge in [-0.1, -0.05) is 13.8 Å². The molecule has 0 spiro atoms. The lowest BCUT2D eigenvalue weighted by Gasteiger charge is -2.33. The Balaban J connectivity index is 1.84. The molecule has 114 valence electrons. The third-order valence-electron chi connectivity index (χ3n) is 3.74. The first kappa shape index (κ1) is 15.5. The highest BCUT2D eigenvalue weighted by Crippen LogP contribution is 2.14. The number of hydrogen-bond donors (Lipinski definition) is 1. The molecule has 5 heteroatoms. The fraction of sp³-hybridized carbons (Fsp3) is 0.500. The zero-order chi connectivity index (χ0) is 15.4. The summed E-state index contributed by atoms with van der Waals surface area (Å²) >= 11 is 0. The second-order valence-electron chi connectivity index (χ2n) is 5.73. The topological polar surface area (TPSA) is 49.4 Å². The van der Waals surface area contributed by atoms with Crippen LogP contribution in [0.15, 0.2) is 24.3 Å². The van der Waals surface area contributed by atoms with Gasteiger partial charge in [-0.25, -0.2) is 4.39 Å². The molecule has 0 aromatic heterocycles. The molecular weight excluding hydrogens is 271 g/mol. The summed E-state index contributed by atoms with van der Waals surface area (Å²) in [6.45, 7) is 5.13. The Labute approximate surface area is 124 Å². The number of nitrogens with one attached hydrogen (secondary N) is 1. The van der Waals surface area contributed by atoms with Crippen LogP contribution in [0.3, 0.4) is 0 Å². The Morgan fingerprint density at radius 2 is 1.76 bits per heavy atom. The van der Waals surface area contributed by atoms with E-state index in [1.54, 1.807) is 0 Å². The van der Waals surface area contributed by atoms with E-state index in [1.165, 1.54) is 24.3 Å². The number of hydrogen-bond acceptors (Lipinski definition) is 2. The van der Waals surface area contributed by atoms with Gasteiger partial charge < -0.3 is 10.2 Å². The van der Waals surface area contributed by atoms with Crippen molar-refractivity contribution < 1.29 is 14.0 Å². The van der Waals surface area contributed by atoms with Crippen LogP contribution in [0, 0.1) is 11.7 Å². The first-order valence-corrected chi connectivity index (χ1v) is 7.32. The molecule has 0 atom stereocenters. The minimum Gasteiger partial charge on any atom is -0.349 e. The third kappa shape index (κ3) is 4.03. The van der Waals surface area contributed by atoms with Crippen molar-refractivity contribution in [3.63, 3.8) is 0 Å². The average Bonchev–Trinajstić information content (AvgIpc) is 2.47. The Hall–Kier alpha value is -1.91. The SMILES string of the molecule is CC(C)C(=O)N1CCC(NC(=O)c2ccc(F)cc2)CC1. The minimum atomic E-state index is -0.355. The summed E-state index contributed by atoms with van der Waals surface area (Å²) in [5.41, 5.74) is 0.456. The van der Waals surface area contributed by atoms with Crippen LogP contribution in [0.1, 0.15) is 37.0 Å². The predicted octanol–water partition coefficient (Wildman–Crippen LogP) is 2.20. The number of nitrogens with zero attached hydrogens (tertiary/aromatic N) is 1. The quantitative estimate of drug-likeness (QED) is 0.928. The molecule has 0 radical (unpaired) electrons. The largest absolute Gasteiger partial charge is 0.349 e. The molecule has 1 N–H and O–H groups in total. The smallest absolute Gasteiger partial charge is 0.251 e. The maximum absolute atomic E-state index is 12.8. The molecule has 1 heterocycles. The van der Waals surface area contributed by atoms with Gasteiger partial charge in [-0.3, -0.25) is 9.59 Å². The van der Waals surface area contributed by atoms with Crippen LogP contribution in [0.4, 0.5) is 4.39 Å². The molecule has 0 saturated carbocycles. The normalized spacial score (nSPS) is 16.1. The third-order valence-corrected chi connectivity index (χ3v) is 3.74. The summed E-state index contributed by atoms with van der Waals surface area (Å²) < 4.78 is 12.8. The van der Waals surface area contributed by atoms with Crippen LogP contribution in [0.25, 0.3) is 0 Å². The van der Waals surface area contributed by atoms with Gasteiger partial charge in [0, 0.05) is 30.6 Å². The van der Waals surface area contributed by atoms with E-state index >= 15 is 0 Å². The summed E-state index contributed by atoms with van der Waals surface area (Å²) in [5.74, 6) is -0.371. The van der Waals surface area contributed by atoms with Gasteiger partial charge in [0.2, 0.25) is 5.91 Å². The number of benzene rings is 1. The van der Waals surface area contributed by atoms with Crippen LogP contribution in [-0.4, -0.2) is 35.8 Å². The Morgan fingerprint density at radius 3 is 2.29 bits per heavy atom. The van der Waals surface area contributed by atoms with Gasteiger partial charge in [0.15, 0.2) is 0 Å². The average molecular weight is 292 g/mol. The molecule has 1 aromatic rings. The summed E-state index contributed by atoms with van der Waals surface area (Å²) in [5, 5.41) is 2.94. The van der Waals surface area contributed by atoms with Crippen LogP contribution in [0.5, 0.6) is 0 Å². The van der Waals surface area contributed by atoms with Gasteiger partial charge in [0.05, 0.1) is 0 Å². The van der Waals surface area contributed by atoms with E-state index in [0.29, 0.717) is 18.7 Å². The number of carbonyl (C=O) groups excluding carboxylic acids is 2. The van der Waals surface area contributed by atoms with Gasteiger partial charge in [-0.2, -0.15) is 0 Å². The first-order chi connectivity index (χ1) is 9.97. The van der Waals surface area contributed by atoms with Crippen molar-refractivity contribution in [3.8, 4) is 0 Å². The van der Waals surface area contributed by atoms with Crippen molar-refractivity contribution in [2.75, 3.05) is 13.1 Å². The highest BCUT2D eigenvalue weighted by Gasteiger charge is 2.25. The summed E-state index contributed by atoms with van der Waals surface area (Å²) in [4.78, 5) is 25.8. The number of likely N-dealkylation sites (tertiary alicyclic amines) is 1. The van der Waals surface area contributed by atoms with E-state index in [2.05, 4.69) is 5.32 Å². The summed E-state index contributed by atoms with van der Waals surface area (Å²) in [7, 11) is 0. The monoisotopic (exact) mass is 292 g/mol. The van der Waals surface area contributed by atoms with E-state index in [1.807, 2.05) is 18.7 Å². The van der Waals surface area contributed by atoms with Gasteiger partial charge in [-0.05, 0) is 37.1 Å². The molecule has 0 unspecified atom stereocenters. The Kier molecular flexibility index (Phi) is 4.94. The van der Waals surface area contributed by atoms with Crippen LogP contribution < -0.4 is 5.32 Å². The highest BCUT2D eigenvalue weighted by molar-refractivity contribution is 5.94. The van der Waals surface area contributed by atoms with Crippen molar-refractivity contribution in [2.24, 2.45) is 5.92 Å². The lowest BCUT2D eigenvalue weighted by molar-refractivity contribution is -0.135. The summed E-state index contributed by atoms with van der Waals surface area (Å²) in [6, 6.07) is 5.57. The van der Waals surface area contributed by atoms with E-state index in [4.69, 9.17) is 0 Å². The number of amides is 2. The van der Waals surface area contributed by atoms with E-state index in [0.717, 1.165) is 12.8 Å². The van der Waals surface area contributed by atoms with Crippen LogP contribution >= 0.6 is 0 Å². The predicted molar refractivity (Wildman–Crippen MR) is 78.3 cm³/mol. The fourth-order valence-corrected chi connectivity index (χ4v) is 2.48. The van der Waals surface area contributed by atoms with Crippen LogP contribution in [0.2, 0.25) is 0 Å². The molecule has 2 amide bonds. The molecule has 4 nitrogen and oxygen atoms in total. The Bertz CT molecular complexity index is 506. The lowest BCUT2D eigenvalue weighted by atomic mass is 10.0. The van der Waals surface area contributed by atoms with Gasteiger partial charge in [0.25, 0.3) is 5.91 Å². The molecule has 0 aliphatic carbocycles. The van der Waals surface area contributed by atoms with Crippen molar-refractivity contribution in [2.45, 2.75) is 32.7 Å². The van der Waals surface area contributed by atoms with E-state index < -0.39 is 0 Å². The number of halogens is 1. The molecule has 0 bridgehead atoms. The molecule has 2 rings (SSSR count). The fourth-order valence-electron chi connectivity index (χ4n) is 2.48.